The number of carbonyl (C=O) groups is 1. The van der Waals surface area contributed by atoms with Crippen LogP contribution < -0.4 is 10.2 Å². The van der Waals surface area contributed by atoms with E-state index in [2.05, 4.69) is 5.32 Å². The highest BCUT2D eigenvalue weighted by atomic mass is 19.1. The summed E-state index contributed by atoms with van der Waals surface area (Å²) in [5, 5.41) is 3.19. The maximum absolute atomic E-state index is 13.0. The van der Waals surface area contributed by atoms with Gasteiger partial charge in [0.1, 0.15) is 5.82 Å². The van der Waals surface area contributed by atoms with Crippen molar-refractivity contribution in [3.05, 3.63) is 59.4 Å². The molecule has 4 heteroatoms. The molecule has 2 aromatic rings. The Kier molecular flexibility index (Phi) is 4.58. The number of carbonyl (C=O) groups excluding carboxylic acids is 1. The summed E-state index contributed by atoms with van der Waals surface area (Å²) < 4.78 is 13.0. The number of anilines is 2. The number of hydrogen-bond donors (Lipinski definition) is 1. The summed E-state index contributed by atoms with van der Waals surface area (Å²) in [6.07, 6.45) is 0. The Hall–Kier alpha value is -2.36. The van der Waals surface area contributed by atoms with Crippen LogP contribution in [0.2, 0.25) is 0 Å². The number of nitrogens with zero attached hydrogens (tertiary/aromatic N) is 1. The van der Waals surface area contributed by atoms with E-state index >= 15 is 0 Å². The minimum absolute atomic E-state index is 0.124. The molecule has 0 radical (unpaired) electrons. The van der Waals surface area contributed by atoms with Crippen molar-refractivity contribution in [2.75, 3.05) is 23.8 Å². The average molecular weight is 286 g/mol. The van der Waals surface area contributed by atoms with E-state index in [9.17, 15) is 9.18 Å². The molecule has 0 bridgehead atoms. The van der Waals surface area contributed by atoms with Gasteiger partial charge in [-0.3, -0.25) is 4.79 Å². The Balaban J connectivity index is 2.34. The number of halogens is 1. The third kappa shape index (κ3) is 3.40. The lowest BCUT2D eigenvalue weighted by molar-refractivity contribution is 0.0993. The lowest BCUT2D eigenvalue weighted by Gasteiger charge is -2.20. The molecule has 110 valence electrons. The molecule has 0 aliphatic rings. The molecule has 2 rings (SSSR count). The van der Waals surface area contributed by atoms with Gasteiger partial charge in [-0.15, -0.1) is 0 Å². The van der Waals surface area contributed by atoms with Crippen LogP contribution in [0.15, 0.2) is 42.5 Å². The van der Waals surface area contributed by atoms with Crippen LogP contribution in [0.5, 0.6) is 0 Å². The number of nitrogens with one attached hydrogen (secondary N) is 1. The molecule has 0 saturated heterocycles. The number of rotatable bonds is 4. The summed E-state index contributed by atoms with van der Waals surface area (Å²) in [5.41, 5.74) is 3.10. The zero-order valence-corrected chi connectivity index (χ0v) is 12.5. The maximum atomic E-state index is 13.0. The van der Waals surface area contributed by atoms with Crippen LogP contribution in [0.1, 0.15) is 22.8 Å². The Morgan fingerprint density at radius 2 is 1.86 bits per heavy atom. The molecule has 0 saturated carbocycles. The molecule has 3 nitrogen and oxygen atoms in total. The molecule has 21 heavy (non-hydrogen) atoms. The van der Waals surface area contributed by atoms with Gasteiger partial charge in [0.15, 0.2) is 0 Å². The highest BCUT2D eigenvalue weighted by Gasteiger charge is 2.17. The topological polar surface area (TPSA) is 32.3 Å². The summed E-state index contributed by atoms with van der Waals surface area (Å²) in [5.74, 6) is -0.440. The molecule has 1 N–H and O–H groups in total. The quantitative estimate of drug-likeness (QED) is 0.926. The summed E-state index contributed by atoms with van der Waals surface area (Å²) >= 11 is 0. The highest BCUT2D eigenvalue weighted by molar-refractivity contribution is 6.09. The molecule has 0 unspecified atom stereocenters. The van der Waals surface area contributed by atoms with Gasteiger partial charge in [-0.2, -0.15) is 0 Å². The summed E-state index contributed by atoms with van der Waals surface area (Å²) in [6.45, 7) is 4.67. The van der Waals surface area contributed by atoms with Crippen molar-refractivity contribution in [1.29, 1.82) is 0 Å². The lowest BCUT2D eigenvalue weighted by Crippen LogP contribution is -2.27. The first-order chi connectivity index (χ1) is 10.0. The van der Waals surface area contributed by atoms with E-state index in [0.29, 0.717) is 11.3 Å². The van der Waals surface area contributed by atoms with Crippen molar-refractivity contribution in [2.24, 2.45) is 0 Å². The van der Waals surface area contributed by atoms with E-state index in [4.69, 9.17) is 0 Å². The van der Waals surface area contributed by atoms with E-state index in [0.717, 1.165) is 17.8 Å². The Labute approximate surface area is 124 Å². The second-order valence-electron chi connectivity index (χ2n) is 4.92. The van der Waals surface area contributed by atoms with Crippen LogP contribution in [0.4, 0.5) is 15.8 Å². The van der Waals surface area contributed by atoms with Gasteiger partial charge in [0, 0.05) is 25.0 Å². The molecule has 0 aliphatic carbocycles. The van der Waals surface area contributed by atoms with Crippen molar-refractivity contribution in [1.82, 2.24) is 0 Å². The van der Waals surface area contributed by atoms with Gasteiger partial charge in [-0.25, -0.2) is 4.39 Å². The first kappa shape index (κ1) is 15.0. The number of aryl methyl sites for hydroxylation is 1. The predicted octanol–water partition coefficient (Wildman–Crippen LogP) is 3.84. The van der Waals surface area contributed by atoms with Crippen molar-refractivity contribution in [3.8, 4) is 0 Å². The molecule has 0 heterocycles. The fraction of sp³-hybridized carbons (Fsp3) is 0.235. The fourth-order valence-corrected chi connectivity index (χ4v) is 2.14. The minimum Gasteiger partial charge on any atom is -0.385 e. The molecule has 0 atom stereocenters. The molecule has 0 aliphatic heterocycles. The molecular formula is C17H19FN2O. The molecule has 2 aromatic carbocycles. The van der Waals surface area contributed by atoms with E-state index in [-0.39, 0.29) is 11.7 Å². The Morgan fingerprint density at radius 3 is 2.48 bits per heavy atom. The smallest absolute Gasteiger partial charge is 0.260 e. The van der Waals surface area contributed by atoms with E-state index in [1.807, 2.05) is 32.0 Å². The van der Waals surface area contributed by atoms with Crippen LogP contribution in [-0.2, 0) is 0 Å². The standard InChI is InChI=1S/C17H19FN2O/c1-4-19-16-10-5-12(2)11-15(16)17(21)20(3)14-8-6-13(18)7-9-14/h5-11,19H,4H2,1-3H3. The van der Waals surface area contributed by atoms with Gasteiger partial charge < -0.3 is 10.2 Å². The van der Waals surface area contributed by atoms with E-state index < -0.39 is 0 Å². The zero-order chi connectivity index (χ0) is 15.4. The first-order valence-electron chi connectivity index (χ1n) is 6.91. The van der Waals surface area contributed by atoms with Gasteiger partial charge in [-0.05, 0) is 50.2 Å². The molecule has 0 spiro atoms. The van der Waals surface area contributed by atoms with Crippen molar-refractivity contribution in [3.63, 3.8) is 0 Å². The number of hydrogen-bond acceptors (Lipinski definition) is 2. The average Bonchev–Trinajstić information content (AvgIpc) is 2.48. The summed E-state index contributed by atoms with van der Waals surface area (Å²) in [4.78, 5) is 14.2. The summed E-state index contributed by atoms with van der Waals surface area (Å²) in [6, 6.07) is 11.6. The van der Waals surface area contributed by atoms with E-state index in [1.54, 1.807) is 19.2 Å². The molecular weight excluding hydrogens is 267 g/mol. The second kappa shape index (κ2) is 6.39. The first-order valence-corrected chi connectivity index (χ1v) is 6.91. The third-order valence-electron chi connectivity index (χ3n) is 3.29. The summed E-state index contributed by atoms with van der Waals surface area (Å²) in [7, 11) is 1.69. The second-order valence-corrected chi connectivity index (χ2v) is 4.92. The number of benzene rings is 2. The SMILES string of the molecule is CCNc1ccc(C)cc1C(=O)N(C)c1ccc(F)cc1. The Bertz CT molecular complexity index is 638. The molecule has 0 aromatic heterocycles. The fourth-order valence-electron chi connectivity index (χ4n) is 2.14. The van der Waals surface area contributed by atoms with Crippen LogP contribution in [0, 0.1) is 12.7 Å². The van der Waals surface area contributed by atoms with Crippen molar-refractivity contribution < 1.29 is 9.18 Å². The maximum Gasteiger partial charge on any atom is 0.260 e. The normalized spacial score (nSPS) is 10.3. The van der Waals surface area contributed by atoms with Gasteiger partial charge in [0.2, 0.25) is 0 Å². The largest absolute Gasteiger partial charge is 0.385 e. The van der Waals surface area contributed by atoms with Gasteiger partial charge >= 0.3 is 0 Å². The van der Waals surface area contributed by atoms with Gasteiger partial charge in [0.25, 0.3) is 5.91 Å². The zero-order valence-electron chi connectivity index (χ0n) is 12.5. The van der Waals surface area contributed by atoms with Crippen molar-refractivity contribution >= 4 is 17.3 Å². The minimum atomic E-state index is -0.316. The van der Waals surface area contributed by atoms with Gasteiger partial charge in [0.05, 0.1) is 5.56 Å². The van der Waals surface area contributed by atoms with Crippen LogP contribution in [0.25, 0.3) is 0 Å². The number of amides is 1. The third-order valence-corrected chi connectivity index (χ3v) is 3.29. The highest BCUT2D eigenvalue weighted by Crippen LogP contribution is 2.22. The van der Waals surface area contributed by atoms with Crippen LogP contribution in [-0.4, -0.2) is 19.5 Å². The Morgan fingerprint density at radius 1 is 1.19 bits per heavy atom. The van der Waals surface area contributed by atoms with Crippen LogP contribution in [0.3, 0.4) is 0 Å². The lowest BCUT2D eigenvalue weighted by atomic mass is 10.1. The van der Waals surface area contributed by atoms with Crippen molar-refractivity contribution in [2.45, 2.75) is 13.8 Å². The molecule has 1 amide bonds. The predicted molar refractivity (Wildman–Crippen MR) is 84.5 cm³/mol. The van der Waals surface area contributed by atoms with Gasteiger partial charge in [-0.1, -0.05) is 11.6 Å². The molecule has 0 fully saturated rings. The monoisotopic (exact) mass is 286 g/mol. The van der Waals surface area contributed by atoms with E-state index in [1.165, 1.54) is 17.0 Å². The van der Waals surface area contributed by atoms with Crippen LogP contribution >= 0.6 is 0 Å².